The van der Waals surface area contributed by atoms with Crippen molar-refractivity contribution in [3.8, 4) is 0 Å². The van der Waals surface area contributed by atoms with Gasteiger partial charge in [0.05, 0.1) is 17.9 Å². The molecule has 18 heavy (non-hydrogen) atoms. The van der Waals surface area contributed by atoms with E-state index >= 15 is 0 Å². The number of pyridine rings is 1. The molecule has 1 rings (SSSR count). The summed E-state index contributed by atoms with van der Waals surface area (Å²) in [7, 11) is 0. The summed E-state index contributed by atoms with van der Waals surface area (Å²) in [5.74, 6) is -0.825. The molecule has 2 amide bonds. The van der Waals surface area contributed by atoms with E-state index in [0.717, 1.165) is 0 Å². The van der Waals surface area contributed by atoms with E-state index in [1.807, 2.05) is 0 Å². The number of hydrogen-bond donors (Lipinski definition) is 2. The third kappa shape index (κ3) is 4.56. The molecule has 0 unspecified atom stereocenters. The fourth-order valence-corrected chi connectivity index (χ4v) is 1.19. The van der Waals surface area contributed by atoms with Gasteiger partial charge in [-0.2, -0.15) is 0 Å². The van der Waals surface area contributed by atoms with Crippen molar-refractivity contribution in [3.05, 3.63) is 36.2 Å². The van der Waals surface area contributed by atoms with Crippen molar-refractivity contribution in [2.75, 3.05) is 6.54 Å². The highest BCUT2D eigenvalue weighted by Gasteiger charge is 2.07. The molecule has 2 N–H and O–H groups in total. The number of aromatic nitrogens is 1. The molecule has 0 saturated heterocycles. The molecule has 1 aromatic rings. The quantitative estimate of drug-likeness (QED) is 0.703. The molecule has 0 saturated carbocycles. The standard InChI is InChI=1S/C12H12N3O3/c1-9(17)15-11(8-12(18)14-6-7-16)10-4-2-3-5-13-10/h2-5,8H,6H2,1H3,(H,14,18)(H,15,17). The maximum Gasteiger partial charge on any atom is 0.246 e. The average Bonchev–Trinajstić information content (AvgIpc) is 2.36. The lowest BCUT2D eigenvalue weighted by atomic mass is 10.2. The minimum atomic E-state index is -0.507. The zero-order valence-electron chi connectivity index (χ0n) is 9.77. The first-order chi connectivity index (χ1) is 8.63. The van der Waals surface area contributed by atoms with Crippen LogP contribution in [-0.4, -0.2) is 29.6 Å². The molecule has 6 heteroatoms. The van der Waals surface area contributed by atoms with Crippen molar-refractivity contribution in [2.24, 2.45) is 0 Å². The van der Waals surface area contributed by atoms with Crippen molar-refractivity contribution in [1.29, 1.82) is 0 Å². The Morgan fingerprint density at radius 1 is 1.44 bits per heavy atom. The third-order valence-electron chi connectivity index (χ3n) is 1.86. The Balaban J connectivity index is 2.91. The van der Waals surface area contributed by atoms with Gasteiger partial charge >= 0.3 is 0 Å². The Labute approximate surface area is 104 Å². The van der Waals surface area contributed by atoms with Crippen LogP contribution in [0.2, 0.25) is 0 Å². The van der Waals surface area contributed by atoms with Crippen LogP contribution in [0.3, 0.4) is 0 Å². The first-order valence-electron chi connectivity index (χ1n) is 5.17. The summed E-state index contributed by atoms with van der Waals surface area (Å²) in [6, 6.07) is 5.10. The minimum Gasteiger partial charge on any atom is -0.345 e. The van der Waals surface area contributed by atoms with Crippen LogP contribution in [0.1, 0.15) is 12.6 Å². The van der Waals surface area contributed by atoms with Crippen LogP contribution in [0.5, 0.6) is 0 Å². The molecule has 0 atom stereocenters. The SMILES string of the molecule is CC(=O)NC(=CC(=O)NC[C]=O)c1ccccn1. The molecule has 1 heterocycles. The normalized spacial score (nSPS) is 10.6. The second-order valence-electron chi connectivity index (χ2n) is 3.32. The number of amides is 2. The molecule has 0 bridgehead atoms. The van der Waals surface area contributed by atoms with Crippen LogP contribution in [0.25, 0.3) is 5.70 Å². The predicted molar refractivity (Wildman–Crippen MR) is 64.7 cm³/mol. The van der Waals surface area contributed by atoms with Gasteiger partial charge in [-0.05, 0) is 12.1 Å². The Morgan fingerprint density at radius 3 is 2.78 bits per heavy atom. The molecule has 0 aromatic carbocycles. The minimum absolute atomic E-state index is 0.203. The lowest BCUT2D eigenvalue weighted by molar-refractivity contribution is -0.117. The smallest absolute Gasteiger partial charge is 0.246 e. The summed E-state index contributed by atoms with van der Waals surface area (Å²) in [6.07, 6.45) is 4.25. The Hall–Kier alpha value is -2.50. The molecule has 0 aliphatic carbocycles. The van der Waals surface area contributed by atoms with E-state index in [0.29, 0.717) is 5.69 Å². The molecule has 6 nitrogen and oxygen atoms in total. The summed E-state index contributed by atoms with van der Waals surface area (Å²) in [4.78, 5) is 36.5. The van der Waals surface area contributed by atoms with Crippen LogP contribution < -0.4 is 10.6 Å². The summed E-state index contributed by atoms with van der Waals surface area (Å²) < 4.78 is 0. The highest BCUT2D eigenvalue weighted by molar-refractivity contribution is 5.98. The monoisotopic (exact) mass is 246 g/mol. The highest BCUT2D eigenvalue weighted by Crippen LogP contribution is 2.07. The highest BCUT2D eigenvalue weighted by atomic mass is 16.2. The largest absolute Gasteiger partial charge is 0.345 e. The Kier molecular flexibility index (Phi) is 5.24. The number of rotatable bonds is 5. The third-order valence-corrected chi connectivity index (χ3v) is 1.86. The van der Waals surface area contributed by atoms with Gasteiger partial charge in [0.25, 0.3) is 0 Å². The van der Waals surface area contributed by atoms with Gasteiger partial charge in [0, 0.05) is 19.2 Å². The number of carbonyl (C=O) groups excluding carboxylic acids is 3. The maximum absolute atomic E-state index is 11.4. The van der Waals surface area contributed by atoms with Gasteiger partial charge in [-0.15, -0.1) is 0 Å². The molecule has 1 aromatic heterocycles. The fourth-order valence-electron chi connectivity index (χ4n) is 1.19. The number of hydrogen-bond acceptors (Lipinski definition) is 4. The van der Waals surface area contributed by atoms with Gasteiger partial charge in [-0.1, -0.05) is 6.07 Å². The van der Waals surface area contributed by atoms with Gasteiger partial charge in [-0.25, -0.2) is 0 Å². The first-order valence-corrected chi connectivity index (χ1v) is 5.17. The summed E-state index contributed by atoms with van der Waals surface area (Å²) >= 11 is 0. The van der Waals surface area contributed by atoms with E-state index in [4.69, 9.17) is 0 Å². The van der Waals surface area contributed by atoms with E-state index < -0.39 is 5.91 Å². The van der Waals surface area contributed by atoms with Gasteiger partial charge < -0.3 is 10.6 Å². The van der Waals surface area contributed by atoms with Crippen molar-refractivity contribution < 1.29 is 14.4 Å². The molecule has 0 spiro atoms. The summed E-state index contributed by atoms with van der Waals surface area (Å²) in [5.41, 5.74) is 0.726. The van der Waals surface area contributed by atoms with E-state index in [2.05, 4.69) is 15.6 Å². The van der Waals surface area contributed by atoms with Gasteiger partial charge in [0.2, 0.25) is 18.1 Å². The summed E-state index contributed by atoms with van der Waals surface area (Å²) in [6.45, 7) is 1.12. The first kappa shape index (κ1) is 13.6. The number of nitrogens with zero attached hydrogens (tertiary/aromatic N) is 1. The van der Waals surface area contributed by atoms with Crippen LogP contribution in [0.15, 0.2) is 30.5 Å². The number of carbonyl (C=O) groups is 2. The molecule has 0 aliphatic heterocycles. The van der Waals surface area contributed by atoms with E-state index in [-0.39, 0.29) is 18.1 Å². The van der Waals surface area contributed by atoms with Crippen LogP contribution >= 0.6 is 0 Å². The summed E-state index contributed by atoms with van der Waals surface area (Å²) in [5, 5.41) is 4.79. The second kappa shape index (κ2) is 6.95. The molecule has 0 fully saturated rings. The van der Waals surface area contributed by atoms with Crippen molar-refractivity contribution in [1.82, 2.24) is 15.6 Å². The molecule has 0 aliphatic rings. The van der Waals surface area contributed by atoms with E-state index in [1.54, 1.807) is 24.4 Å². The zero-order chi connectivity index (χ0) is 13.4. The van der Waals surface area contributed by atoms with Crippen molar-refractivity contribution >= 4 is 23.8 Å². The lowest BCUT2D eigenvalue weighted by Crippen LogP contribution is -2.26. The van der Waals surface area contributed by atoms with Crippen LogP contribution in [0.4, 0.5) is 0 Å². The van der Waals surface area contributed by atoms with Gasteiger partial charge in [0.1, 0.15) is 0 Å². The lowest BCUT2D eigenvalue weighted by Gasteiger charge is -2.07. The average molecular weight is 246 g/mol. The van der Waals surface area contributed by atoms with Gasteiger partial charge in [0.15, 0.2) is 0 Å². The van der Waals surface area contributed by atoms with E-state index in [1.165, 1.54) is 19.3 Å². The number of nitrogens with one attached hydrogen (secondary N) is 2. The molecule has 93 valence electrons. The molecule has 1 radical (unpaired) electrons. The van der Waals surface area contributed by atoms with Gasteiger partial charge in [-0.3, -0.25) is 19.4 Å². The second-order valence-corrected chi connectivity index (χ2v) is 3.32. The van der Waals surface area contributed by atoms with E-state index in [9.17, 15) is 14.4 Å². The zero-order valence-corrected chi connectivity index (χ0v) is 9.77. The van der Waals surface area contributed by atoms with Crippen molar-refractivity contribution in [2.45, 2.75) is 6.92 Å². The fraction of sp³-hybridized carbons (Fsp3) is 0.167. The Morgan fingerprint density at radius 2 is 2.22 bits per heavy atom. The topological polar surface area (TPSA) is 88.2 Å². The van der Waals surface area contributed by atoms with Crippen LogP contribution in [-0.2, 0) is 14.4 Å². The maximum atomic E-state index is 11.4. The van der Waals surface area contributed by atoms with Crippen LogP contribution in [0, 0.1) is 0 Å². The van der Waals surface area contributed by atoms with Crippen molar-refractivity contribution in [3.63, 3.8) is 0 Å². The molecular weight excluding hydrogens is 234 g/mol. The predicted octanol–water partition coefficient (Wildman–Crippen LogP) is -0.216. The Bertz CT molecular complexity index is 469. The molecular formula is C12H12N3O3.